The molecule has 3 fully saturated rings. The van der Waals surface area contributed by atoms with Gasteiger partial charge in [0.2, 0.25) is 5.91 Å². The number of likely N-dealkylation sites (tertiary alicyclic amines) is 2. The molecule has 0 spiro atoms. The molecule has 3 saturated heterocycles. The number of hydrogen-bond donors (Lipinski definition) is 1. The smallest absolute Gasteiger partial charge is 0.416 e. The molecule has 3 heterocycles. The maximum atomic E-state index is 12.9. The highest BCUT2D eigenvalue weighted by atomic mass is 35.5. The number of halogens is 4. The van der Waals surface area contributed by atoms with Gasteiger partial charge in [-0.3, -0.25) is 4.79 Å². The van der Waals surface area contributed by atoms with Crippen molar-refractivity contribution in [3.05, 3.63) is 28.8 Å². The van der Waals surface area contributed by atoms with Gasteiger partial charge in [0.25, 0.3) is 0 Å². The average Bonchev–Trinajstić information content (AvgIpc) is 3.16. The molecule has 1 aromatic carbocycles. The molecule has 3 aliphatic heterocycles. The predicted octanol–water partition coefficient (Wildman–Crippen LogP) is 2.52. The molecule has 4 rings (SSSR count). The zero-order valence-electron chi connectivity index (χ0n) is 16.0. The quantitative estimate of drug-likeness (QED) is 0.756. The molecule has 0 bridgehead atoms. The summed E-state index contributed by atoms with van der Waals surface area (Å²) in [7, 11) is 0. The van der Waals surface area contributed by atoms with Crippen molar-refractivity contribution in [2.24, 2.45) is 0 Å². The van der Waals surface area contributed by atoms with E-state index >= 15 is 0 Å². The van der Waals surface area contributed by atoms with E-state index in [0.29, 0.717) is 32.5 Å². The van der Waals surface area contributed by atoms with Crippen LogP contribution in [0.1, 0.15) is 18.4 Å². The molecule has 1 N–H and O–H groups in total. The Bertz CT molecular complexity index is 838. The molecule has 1 aromatic rings. The van der Waals surface area contributed by atoms with Crippen molar-refractivity contribution in [1.29, 1.82) is 0 Å². The van der Waals surface area contributed by atoms with Gasteiger partial charge >= 0.3 is 12.2 Å². The molecule has 0 aromatic heterocycles. The van der Waals surface area contributed by atoms with Crippen molar-refractivity contribution in [1.82, 2.24) is 15.1 Å². The van der Waals surface area contributed by atoms with Gasteiger partial charge in [0, 0.05) is 26.1 Å². The van der Waals surface area contributed by atoms with Crippen LogP contribution in [0.25, 0.3) is 0 Å². The Hall–Kier alpha value is -2.20. The summed E-state index contributed by atoms with van der Waals surface area (Å²) in [6.07, 6.45) is -3.93. The lowest BCUT2D eigenvalue weighted by molar-refractivity contribution is -0.140. The summed E-state index contributed by atoms with van der Waals surface area (Å²) in [5, 5.41) is 2.94. The average molecular weight is 448 g/mol. The fourth-order valence-electron chi connectivity index (χ4n) is 4.02. The normalized spacial score (nSPS) is 26.9. The van der Waals surface area contributed by atoms with E-state index in [9.17, 15) is 22.8 Å². The third kappa shape index (κ3) is 4.44. The second-order valence-electron chi connectivity index (χ2n) is 7.66. The van der Waals surface area contributed by atoms with Crippen LogP contribution in [0, 0.1) is 0 Å². The summed E-state index contributed by atoms with van der Waals surface area (Å²) < 4.78 is 50.0. The third-order valence-electron chi connectivity index (χ3n) is 5.56. The van der Waals surface area contributed by atoms with Crippen molar-refractivity contribution in [3.8, 4) is 5.75 Å². The number of nitrogens with zero attached hydrogens (tertiary/aromatic N) is 2. The van der Waals surface area contributed by atoms with Crippen LogP contribution in [0.15, 0.2) is 18.2 Å². The molecular weight excluding hydrogens is 427 g/mol. The van der Waals surface area contributed by atoms with Gasteiger partial charge in [-0.2, -0.15) is 13.2 Å². The zero-order chi connectivity index (χ0) is 21.5. The van der Waals surface area contributed by atoms with Crippen molar-refractivity contribution in [2.45, 2.75) is 37.3 Å². The number of alkyl halides is 3. The first-order chi connectivity index (χ1) is 14.2. The number of amides is 3. The van der Waals surface area contributed by atoms with Crippen LogP contribution in [0.5, 0.6) is 5.75 Å². The maximum Gasteiger partial charge on any atom is 0.416 e. The number of carbonyl (C=O) groups excluding carboxylic acids is 2. The molecule has 0 radical (unpaired) electrons. The Labute approximate surface area is 176 Å². The number of nitrogens with one attached hydrogen (secondary N) is 1. The molecule has 3 amide bonds. The van der Waals surface area contributed by atoms with Gasteiger partial charge in [0.05, 0.1) is 29.3 Å². The zero-order valence-corrected chi connectivity index (χ0v) is 16.7. The van der Waals surface area contributed by atoms with Crippen LogP contribution >= 0.6 is 11.6 Å². The van der Waals surface area contributed by atoms with E-state index in [-0.39, 0.29) is 48.0 Å². The van der Waals surface area contributed by atoms with E-state index in [2.05, 4.69) is 5.32 Å². The van der Waals surface area contributed by atoms with Crippen LogP contribution in [0.4, 0.5) is 18.0 Å². The highest BCUT2D eigenvalue weighted by Crippen LogP contribution is 2.36. The fraction of sp³-hybridized carbons (Fsp3) is 0.579. The standard InChI is InChI=1S/C19H21ClF3N3O4/c20-13-2-1-11(19(21,22)23)7-16(13)30-12-3-5-25(8-12)18(28)26-6-4-15-14(9-26)24-17(27)10-29-15/h1-2,7,12,14-15H,3-6,8-10H2,(H,24,27). The molecule has 3 atom stereocenters. The van der Waals surface area contributed by atoms with Crippen molar-refractivity contribution in [3.63, 3.8) is 0 Å². The lowest BCUT2D eigenvalue weighted by atomic mass is 10.0. The monoisotopic (exact) mass is 447 g/mol. The van der Waals surface area contributed by atoms with E-state index in [0.717, 1.165) is 18.2 Å². The Kier molecular flexibility index (Phi) is 5.71. The Balaban J connectivity index is 1.36. The van der Waals surface area contributed by atoms with Crippen molar-refractivity contribution in [2.75, 3.05) is 32.8 Å². The highest BCUT2D eigenvalue weighted by Gasteiger charge is 2.39. The minimum atomic E-state index is -4.50. The summed E-state index contributed by atoms with van der Waals surface area (Å²) in [6, 6.07) is 2.51. The number of fused-ring (bicyclic) bond motifs is 1. The summed E-state index contributed by atoms with van der Waals surface area (Å²) in [6.45, 7) is 1.58. The molecule has 0 aliphatic carbocycles. The number of piperidine rings is 1. The van der Waals surface area contributed by atoms with Gasteiger partial charge in [-0.15, -0.1) is 0 Å². The molecule has 0 saturated carbocycles. The minimum Gasteiger partial charge on any atom is -0.487 e. The molecule has 3 unspecified atom stereocenters. The Morgan fingerprint density at radius 2 is 1.93 bits per heavy atom. The number of carbonyl (C=O) groups is 2. The van der Waals surface area contributed by atoms with Crippen LogP contribution in [-0.4, -0.2) is 72.8 Å². The fourth-order valence-corrected chi connectivity index (χ4v) is 4.18. The molecule has 7 nitrogen and oxygen atoms in total. The van der Waals surface area contributed by atoms with E-state index < -0.39 is 17.8 Å². The van der Waals surface area contributed by atoms with Crippen LogP contribution in [0.2, 0.25) is 5.02 Å². The highest BCUT2D eigenvalue weighted by molar-refractivity contribution is 6.32. The summed E-state index contributed by atoms with van der Waals surface area (Å²) in [5.74, 6) is -0.244. The third-order valence-corrected chi connectivity index (χ3v) is 5.87. The number of benzene rings is 1. The number of urea groups is 1. The molecular formula is C19H21ClF3N3O4. The summed E-state index contributed by atoms with van der Waals surface area (Å²) in [5.41, 5.74) is -0.840. The van der Waals surface area contributed by atoms with Gasteiger partial charge in [-0.25, -0.2) is 4.79 Å². The SMILES string of the molecule is O=C1COC2CCN(C(=O)N3CCC(Oc4cc(C(F)(F)F)ccc4Cl)C3)CC2N1. The predicted molar refractivity (Wildman–Crippen MR) is 100 cm³/mol. The second-order valence-corrected chi connectivity index (χ2v) is 8.07. The topological polar surface area (TPSA) is 71.1 Å². The van der Waals surface area contributed by atoms with E-state index in [1.165, 1.54) is 0 Å². The largest absolute Gasteiger partial charge is 0.487 e. The molecule has 3 aliphatic rings. The van der Waals surface area contributed by atoms with Crippen LogP contribution in [-0.2, 0) is 15.7 Å². The first-order valence-electron chi connectivity index (χ1n) is 9.69. The van der Waals surface area contributed by atoms with E-state index in [4.69, 9.17) is 21.1 Å². The number of rotatable bonds is 2. The van der Waals surface area contributed by atoms with Gasteiger partial charge in [-0.1, -0.05) is 11.6 Å². The van der Waals surface area contributed by atoms with Gasteiger partial charge in [0.15, 0.2) is 0 Å². The van der Waals surface area contributed by atoms with Crippen LogP contribution in [0.3, 0.4) is 0 Å². The van der Waals surface area contributed by atoms with Crippen LogP contribution < -0.4 is 10.1 Å². The van der Waals surface area contributed by atoms with E-state index in [1.54, 1.807) is 9.80 Å². The van der Waals surface area contributed by atoms with Gasteiger partial charge < -0.3 is 24.6 Å². The molecule has 30 heavy (non-hydrogen) atoms. The van der Waals surface area contributed by atoms with Crippen molar-refractivity contribution >= 4 is 23.5 Å². The Morgan fingerprint density at radius 1 is 1.20 bits per heavy atom. The molecule has 164 valence electrons. The first kappa shape index (κ1) is 21.0. The van der Waals surface area contributed by atoms with E-state index in [1.807, 2.05) is 0 Å². The molecule has 11 heteroatoms. The summed E-state index contributed by atoms with van der Waals surface area (Å²) in [4.78, 5) is 27.7. The minimum absolute atomic E-state index is 0.0400. The number of ether oxygens (including phenoxy) is 2. The summed E-state index contributed by atoms with van der Waals surface area (Å²) >= 11 is 5.99. The Morgan fingerprint density at radius 3 is 2.70 bits per heavy atom. The number of hydrogen-bond acceptors (Lipinski definition) is 4. The van der Waals surface area contributed by atoms with Gasteiger partial charge in [0.1, 0.15) is 18.5 Å². The van der Waals surface area contributed by atoms with Gasteiger partial charge in [-0.05, 0) is 24.6 Å². The lowest BCUT2D eigenvalue weighted by Crippen LogP contribution is -2.62. The van der Waals surface area contributed by atoms with Crippen molar-refractivity contribution < 1.29 is 32.2 Å². The number of morpholine rings is 1. The first-order valence-corrected chi connectivity index (χ1v) is 10.1. The second kappa shape index (κ2) is 8.14. The lowest BCUT2D eigenvalue weighted by Gasteiger charge is -2.42. The maximum absolute atomic E-state index is 12.9.